The summed E-state index contributed by atoms with van der Waals surface area (Å²) in [6.07, 6.45) is 8.11. The Morgan fingerprint density at radius 1 is 1.06 bits per heavy atom. The predicted molar refractivity (Wildman–Crippen MR) is 191 cm³/mol. The first kappa shape index (κ1) is 37.6. The van der Waals surface area contributed by atoms with Gasteiger partial charge in [0, 0.05) is 43.1 Å². The second-order valence-corrected chi connectivity index (χ2v) is 15.2. The van der Waals surface area contributed by atoms with Gasteiger partial charge in [0.1, 0.15) is 16.7 Å². The van der Waals surface area contributed by atoms with E-state index in [0.717, 1.165) is 94.8 Å². The first-order valence-electron chi connectivity index (χ1n) is 17.5. The lowest BCUT2D eigenvalue weighted by molar-refractivity contribution is -0.192. The molecular formula is C37H55ClN2O6S. The predicted octanol–water partition coefficient (Wildman–Crippen LogP) is 7.28. The van der Waals surface area contributed by atoms with Crippen LogP contribution in [0, 0.1) is 17.8 Å². The summed E-state index contributed by atoms with van der Waals surface area (Å²) in [6, 6.07) is 11.9. The zero-order valence-corrected chi connectivity index (χ0v) is 30.4. The van der Waals surface area contributed by atoms with E-state index in [1.54, 1.807) is 6.07 Å². The minimum atomic E-state index is -1.47. The maximum Gasteiger partial charge on any atom is 0.263 e. The number of fused-ring (bicyclic) bond motifs is 1. The number of nitrogens with one attached hydrogen (secondary N) is 1. The number of nitrogens with zero attached hydrogens (tertiary/aromatic N) is 1. The molecule has 3 aliphatic rings. The summed E-state index contributed by atoms with van der Waals surface area (Å²) in [4.78, 5) is 15.8. The Kier molecular flexibility index (Phi) is 14.9. The number of benzene rings is 2. The zero-order chi connectivity index (χ0) is 33.9. The molecule has 1 saturated heterocycles. The summed E-state index contributed by atoms with van der Waals surface area (Å²) in [5, 5.41) is 7.63. The van der Waals surface area contributed by atoms with E-state index in [1.807, 2.05) is 25.1 Å². The van der Waals surface area contributed by atoms with E-state index in [-0.39, 0.29) is 29.3 Å². The highest BCUT2D eigenvalue weighted by atomic mass is 35.5. The summed E-state index contributed by atoms with van der Waals surface area (Å²) in [6.45, 7) is 12.1. The van der Waals surface area contributed by atoms with E-state index in [9.17, 15) is 9.00 Å². The molecule has 2 fully saturated rings. The number of carbonyl (C=O) groups is 1. The molecule has 0 bridgehead atoms. The van der Waals surface area contributed by atoms with Crippen molar-refractivity contribution in [1.29, 1.82) is 0 Å². The number of aliphatic hydroxyl groups is 1. The lowest BCUT2D eigenvalue weighted by Crippen LogP contribution is -2.42. The number of aliphatic hydroxyl groups excluding tert-OH is 1. The maximum absolute atomic E-state index is 13.4. The Bertz CT molecular complexity index is 1320. The van der Waals surface area contributed by atoms with E-state index in [1.165, 1.54) is 17.5 Å². The van der Waals surface area contributed by atoms with Crippen LogP contribution in [0.1, 0.15) is 100 Å². The number of amides is 1. The third-order valence-corrected chi connectivity index (χ3v) is 11.8. The Balaban J connectivity index is 0.00000245. The lowest BCUT2D eigenvalue weighted by atomic mass is 9.71. The molecule has 262 valence electrons. The van der Waals surface area contributed by atoms with Crippen LogP contribution in [0.15, 0.2) is 36.4 Å². The number of hydrogen-bond acceptors (Lipinski definition) is 7. The Labute approximate surface area is 289 Å². The number of ether oxygens (including phenoxy) is 3. The molecule has 47 heavy (non-hydrogen) atoms. The number of aryl methyl sites for hydroxylation is 1. The van der Waals surface area contributed by atoms with Gasteiger partial charge in [0.15, 0.2) is 6.29 Å². The number of rotatable bonds is 13. The molecule has 0 aromatic heterocycles. The van der Waals surface area contributed by atoms with Crippen LogP contribution in [0.25, 0.3) is 0 Å². The van der Waals surface area contributed by atoms with E-state index in [0.29, 0.717) is 24.0 Å². The van der Waals surface area contributed by atoms with Crippen LogP contribution in [0.3, 0.4) is 0 Å². The van der Waals surface area contributed by atoms with E-state index in [2.05, 4.69) is 42.5 Å². The van der Waals surface area contributed by atoms with Crippen LogP contribution in [0.2, 0.25) is 5.02 Å². The summed E-state index contributed by atoms with van der Waals surface area (Å²) in [5.74, 6) is 1.90. The van der Waals surface area contributed by atoms with Gasteiger partial charge in [0.05, 0.1) is 30.8 Å². The van der Waals surface area contributed by atoms with Crippen molar-refractivity contribution in [2.75, 3.05) is 44.9 Å². The normalized spacial score (nSPS) is 23.1. The summed E-state index contributed by atoms with van der Waals surface area (Å²) >= 11 is 6.43. The standard InChI is InChI=1S/C36H51ClN2O5S.CH4O/c1-5-8-24(3)25(4)45(41)38-36(40)28-12-15-34-33(19-28)39(21-29-11-10-26(29)20-35-42-16-7-17-43-35)22-30(23-44-34)32-14-13-31(37)18-27(32)9-6-2;1-2/h12-15,18-19,24-26,29-30,35H,5-11,16-17,20-23H2,1-4H3,(H,38,40);2H,1H3. The minimum absolute atomic E-state index is 0.108. The minimum Gasteiger partial charge on any atom is -0.491 e. The first-order chi connectivity index (χ1) is 22.8. The molecule has 1 amide bonds. The second-order valence-electron chi connectivity index (χ2n) is 13.2. The fraction of sp³-hybridized carbons (Fsp3) is 0.649. The molecule has 0 radical (unpaired) electrons. The zero-order valence-electron chi connectivity index (χ0n) is 28.8. The molecule has 6 unspecified atom stereocenters. The maximum atomic E-state index is 13.4. The van der Waals surface area contributed by atoms with Gasteiger partial charge in [-0.1, -0.05) is 51.3 Å². The van der Waals surface area contributed by atoms with Gasteiger partial charge in [-0.15, -0.1) is 0 Å². The van der Waals surface area contributed by atoms with Crippen LogP contribution < -0.4 is 14.4 Å². The average Bonchev–Trinajstić information content (AvgIpc) is 3.26. The van der Waals surface area contributed by atoms with Gasteiger partial charge in [0.25, 0.3) is 5.91 Å². The third kappa shape index (κ3) is 9.94. The van der Waals surface area contributed by atoms with Crippen molar-refractivity contribution in [3.05, 3.63) is 58.1 Å². The highest BCUT2D eigenvalue weighted by Gasteiger charge is 2.37. The van der Waals surface area contributed by atoms with Crippen LogP contribution >= 0.6 is 11.6 Å². The fourth-order valence-electron chi connectivity index (χ4n) is 6.99. The van der Waals surface area contributed by atoms with Crippen LogP contribution in [0.4, 0.5) is 5.69 Å². The quantitative estimate of drug-likeness (QED) is 0.228. The molecule has 2 aliphatic heterocycles. The van der Waals surface area contributed by atoms with Gasteiger partial charge >= 0.3 is 0 Å². The van der Waals surface area contributed by atoms with Crippen molar-refractivity contribution in [2.45, 2.75) is 96.5 Å². The highest BCUT2D eigenvalue weighted by molar-refractivity contribution is 7.84. The topological polar surface area (TPSA) is 97.3 Å². The number of halogens is 1. The molecule has 5 rings (SSSR count). The lowest BCUT2D eigenvalue weighted by Gasteiger charge is -2.42. The largest absolute Gasteiger partial charge is 0.491 e. The van der Waals surface area contributed by atoms with Crippen molar-refractivity contribution in [3.8, 4) is 5.75 Å². The monoisotopic (exact) mass is 690 g/mol. The van der Waals surface area contributed by atoms with Crippen LogP contribution in [0.5, 0.6) is 5.75 Å². The number of anilines is 1. The van der Waals surface area contributed by atoms with Crippen LogP contribution in [-0.2, 0) is 26.9 Å². The van der Waals surface area contributed by atoms with Gasteiger partial charge in [0.2, 0.25) is 0 Å². The average molecular weight is 691 g/mol. The third-order valence-electron chi connectivity index (χ3n) is 10.0. The summed E-state index contributed by atoms with van der Waals surface area (Å²) in [5.41, 5.74) is 3.96. The summed E-state index contributed by atoms with van der Waals surface area (Å²) in [7, 11) is -0.467. The summed E-state index contributed by atoms with van der Waals surface area (Å²) < 4.78 is 34.2. The van der Waals surface area contributed by atoms with Gasteiger partial charge < -0.3 is 24.2 Å². The van der Waals surface area contributed by atoms with Gasteiger partial charge in [-0.2, -0.15) is 0 Å². The molecule has 1 saturated carbocycles. The van der Waals surface area contributed by atoms with Gasteiger partial charge in [-0.25, -0.2) is 4.21 Å². The molecule has 10 heteroatoms. The molecule has 1 aliphatic carbocycles. The fourth-order valence-corrected chi connectivity index (χ4v) is 8.23. The van der Waals surface area contributed by atoms with Gasteiger partial charge in [-0.3, -0.25) is 9.52 Å². The van der Waals surface area contributed by atoms with Crippen molar-refractivity contribution < 1.29 is 28.3 Å². The highest BCUT2D eigenvalue weighted by Crippen LogP contribution is 2.43. The van der Waals surface area contributed by atoms with Crippen molar-refractivity contribution >= 4 is 34.2 Å². The molecular weight excluding hydrogens is 636 g/mol. The van der Waals surface area contributed by atoms with Crippen LogP contribution in [-0.4, -0.2) is 66.8 Å². The second kappa shape index (κ2) is 18.6. The Hall–Kier alpha value is -2.17. The SMILES string of the molecule is CCCc1cc(Cl)ccc1C1COc2ccc(C(=O)NS(=O)C(C)C(C)CCC)cc2N(CC2CCC2CC2OCCCO2)C1.CO. The van der Waals surface area contributed by atoms with Crippen molar-refractivity contribution in [3.63, 3.8) is 0 Å². The van der Waals surface area contributed by atoms with Crippen molar-refractivity contribution in [2.24, 2.45) is 17.8 Å². The number of hydrogen-bond donors (Lipinski definition) is 2. The van der Waals surface area contributed by atoms with E-state index >= 15 is 0 Å². The van der Waals surface area contributed by atoms with Crippen molar-refractivity contribution in [1.82, 2.24) is 4.72 Å². The molecule has 2 aromatic carbocycles. The van der Waals surface area contributed by atoms with E-state index in [4.69, 9.17) is 30.9 Å². The molecule has 6 atom stereocenters. The van der Waals surface area contributed by atoms with Gasteiger partial charge in [-0.05, 0) is 98.2 Å². The smallest absolute Gasteiger partial charge is 0.263 e. The molecule has 8 nitrogen and oxygen atoms in total. The Morgan fingerprint density at radius 2 is 1.81 bits per heavy atom. The molecule has 2 aromatic rings. The van der Waals surface area contributed by atoms with E-state index < -0.39 is 11.0 Å². The number of carbonyl (C=O) groups excluding carboxylic acids is 1. The molecule has 0 spiro atoms. The first-order valence-corrected chi connectivity index (χ1v) is 19.1. The molecule has 2 heterocycles. The molecule has 2 N–H and O–H groups in total. The Morgan fingerprint density at radius 3 is 2.49 bits per heavy atom.